The number of aryl methyl sites for hydroxylation is 1. The van der Waals surface area contributed by atoms with Crippen LogP contribution >= 0.6 is 0 Å². The number of nitrogens with one attached hydrogen (secondary N) is 3. The smallest absolute Gasteiger partial charge is 0.257 e. The molecule has 7 heteroatoms. The van der Waals surface area contributed by atoms with Crippen molar-refractivity contribution in [1.82, 2.24) is 15.2 Å². The van der Waals surface area contributed by atoms with Crippen molar-refractivity contribution in [3.63, 3.8) is 0 Å². The average molecular weight is 300 g/mol. The van der Waals surface area contributed by atoms with Crippen molar-refractivity contribution >= 4 is 22.4 Å². The van der Waals surface area contributed by atoms with Gasteiger partial charge in [0.05, 0.1) is 19.6 Å². The van der Waals surface area contributed by atoms with Gasteiger partial charge in [-0.2, -0.15) is 5.10 Å². The number of nitrogens with zero attached hydrogens (tertiary/aromatic N) is 1. The van der Waals surface area contributed by atoms with Gasteiger partial charge >= 0.3 is 0 Å². The van der Waals surface area contributed by atoms with E-state index in [1.165, 1.54) is 7.11 Å². The molecular weight excluding hydrogens is 284 g/mol. The molecule has 0 aliphatic rings. The van der Waals surface area contributed by atoms with Gasteiger partial charge in [0, 0.05) is 11.8 Å². The number of ether oxygens (including phenoxy) is 2. The lowest BCUT2D eigenvalue weighted by Gasteiger charge is -2.10. The molecule has 0 amide bonds. The van der Waals surface area contributed by atoms with Crippen LogP contribution in [0.15, 0.2) is 29.1 Å². The van der Waals surface area contributed by atoms with Crippen LogP contribution in [0, 0.1) is 6.92 Å². The Bertz CT molecular complexity index is 882. The number of rotatable bonds is 4. The highest BCUT2D eigenvalue weighted by atomic mass is 16.5. The van der Waals surface area contributed by atoms with Crippen LogP contribution in [0.25, 0.3) is 10.8 Å². The van der Waals surface area contributed by atoms with Gasteiger partial charge in [0.2, 0.25) is 0 Å². The minimum Gasteiger partial charge on any atom is -0.493 e. The van der Waals surface area contributed by atoms with Gasteiger partial charge in [-0.1, -0.05) is 0 Å². The second-order valence-electron chi connectivity index (χ2n) is 4.87. The molecule has 0 aliphatic carbocycles. The summed E-state index contributed by atoms with van der Waals surface area (Å²) < 4.78 is 10.5. The van der Waals surface area contributed by atoms with Crippen molar-refractivity contribution in [3.8, 4) is 11.5 Å². The first-order chi connectivity index (χ1) is 10.6. The van der Waals surface area contributed by atoms with E-state index in [2.05, 4.69) is 20.5 Å². The molecule has 0 fully saturated rings. The maximum Gasteiger partial charge on any atom is 0.257 e. The molecule has 3 rings (SSSR count). The Morgan fingerprint density at radius 2 is 1.82 bits per heavy atom. The van der Waals surface area contributed by atoms with Gasteiger partial charge in [-0.25, -0.2) is 0 Å². The minimum atomic E-state index is -0.215. The number of aromatic nitrogens is 3. The fourth-order valence-corrected chi connectivity index (χ4v) is 2.28. The van der Waals surface area contributed by atoms with Gasteiger partial charge in [0.1, 0.15) is 5.82 Å². The lowest BCUT2D eigenvalue weighted by atomic mass is 10.1. The summed E-state index contributed by atoms with van der Waals surface area (Å²) in [7, 11) is 3.09. The number of H-pyrrole nitrogens is 2. The summed E-state index contributed by atoms with van der Waals surface area (Å²) in [6.45, 7) is 1.90. The van der Waals surface area contributed by atoms with Crippen molar-refractivity contribution in [3.05, 3.63) is 40.3 Å². The summed E-state index contributed by atoms with van der Waals surface area (Å²) in [5, 5.41) is 11.2. The van der Waals surface area contributed by atoms with Crippen molar-refractivity contribution < 1.29 is 9.47 Å². The zero-order valence-electron chi connectivity index (χ0n) is 12.5. The molecule has 22 heavy (non-hydrogen) atoms. The molecule has 7 nitrogen and oxygen atoms in total. The summed E-state index contributed by atoms with van der Waals surface area (Å²) in [5.74, 6) is 2.27. The molecule has 2 aromatic heterocycles. The zero-order valence-corrected chi connectivity index (χ0v) is 12.5. The van der Waals surface area contributed by atoms with Crippen LogP contribution in [0.3, 0.4) is 0 Å². The SMILES string of the molecule is COc1cc2cc(Nc3cc(C)[nH]n3)[nH]c(=O)c2cc1OC. The van der Waals surface area contributed by atoms with Crippen molar-refractivity contribution in [2.24, 2.45) is 0 Å². The number of hydrogen-bond acceptors (Lipinski definition) is 5. The summed E-state index contributed by atoms with van der Waals surface area (Å²) in [5.41, 5.74) is 0.713. The molecule has 0 bridgehead atoms. The van der Waals surface area contributed by atoms with Gasteiger partial charge in [-0.05, 0) is 30.5 Å². The second kappa shape index (κ2) is 5.44. The van der Waals surface area contributed by atoms with Crippen LogP contribution in [-0.2, 0) is 0 Å². The topological polar surface area (TPSA) is 92.0 Å². The Labute approximate surface area is 126 Å². The lowest BCUT2D eigenvalue weighted by molar-refractivity contribution is 0.356. The number of fused-ring (bicyclic) bond motifs is 1. The predicted molar refractivity (Wildman–Crippen MR) is 84.3 cm³/mol. The van der Waals surface area contributed by atoms with Gasteiger partial charge in [0.25, 0.3) is 5.56 Å². The number of methoxy groups -OCH3 is 2. The van der Waals surface area contributed by atoms with Crippen LogP contribution in [0.2, 0.25) is 0 Å². The first-order valence-corrected chi connectivity index (χ1v) is 6.69. The summed E-state index contributed by atoms with van der Waals surface area (Å²) >= 11 is 0. The molecule has 0 spiro atoms. The highest BCUT2D eigenvalue weighted by molar-refractivity contribution is 5.87. The molecule has 1 aromatic carbocycles. The first-order valence-electron chi connectivity index (χ1n) is 6.69. The molecule has 0 radical (unpaired) electrons. The number of anilines is 2. The van der Waals surface area contributed by atoms with E-state index in [9.17, 15) is 4.79 Å². The van der Waals surface area contributed by atoms with E-state index in [1.54, 1.807) is 19.2 Å². The molecule has 0 saturated heterocycles. The van der Waals surface area contributed by atoms with Gasteiger partial charge < -0.3 is 19.8 Å². The highest BCUT2D eigenvalue weighted by Crippen LogP contribution is 2.31. The fraction of sp³-hybridized carbons (Fsp3) is 0.200. The van der Waals surface area contributed by atoms with Gasteiger partial charge in [-0.3, -0.25) is 9.89 Å². The first kappa shape index (κ1) is 14.0. The summed E-state index contributed by atoms with van der Waals surface area (Å²) in [6, 6.07) is 7.10. The predicted octanol–water partition coefficient (Wildman–Crippen LogP) is 2.32. The van der Waals surface area contributed by atoms with E-state index in [1.807, 2.05) is 19.1 Å². The number of benzene rings is 1. The number of pyridine rings is 1. The molecule has 0 atom stereocenters. The standard InChI is InChI=1S/C15H16N4O3/c1-8-4-14(19-18-8)16-13-6-9-5-11(21-2)12(22-3)7-10(9)15(20)17-13/h4-7H,1-3H3,(H3,16,17,18,19,20). The lowest BCUT2D eigenvalue weighted by Crippen LogP contribution is -2.09. The van der Waals surface area contributed by atoms with Crippen molar-refractivity contribution in [1.29, 1.82) is 0 Å². The minimum absolute atomic E-state index is 0.215. The normalized spacial score (nSPS) is 10.7. The third kappa shape index (κ3) is 2.48. The quantitative estimate of drug-likeness (QED) is 0.687. The van der Waals surface area contributed by atoms with E-state index in [0.29, 0.717) is 28.5 Å². The van der Waals surface area contributed by atoms with Gasteiger partial charge in [0.15, 0.2) is 17.3 Å². The number of aromatic amines is 2. The molecule has 3 N–H and O–H groups in total. The van der Waals surface area contributed by atoms with Crippen molar-refractivity contribution in [2.75, 3.05) is 19.5 Å². The molecule has 0 saturated carbocycles. The van der Waals surface area contributed by atoms with Crippen LogP contribution in [0.4, 0.5) is 11.6 Å². The monoisotopic (exact) mass is 300 g/mol. The molecule has 2 heterocycles. The maximum absolute atomic E-state index is 12.2. The van der Waals surface area contributed by atoms with Crippen LogP contribution in [-0.4, -0.2) is 29.4 Å². The van der Waals surface area contributed by atoms with E-state index in [4.69, 9.17) is 9.47 Å². The molecule has 114 valence electrons. The molecule has 0 aliphatic heterocycles. The Kier molecular flexibility index (Phi) is 3.46. The Hall–Kier alpha value is -2.96. The molecule has 3 aromatic rings. The van der Waals surface area contributed by atoms with E-state index >= 15 is 0 Å². The van der Waals surface area contributed by atoms with Crippen LogP contribution < -0.4 is 20.3 Å². The summed E-state index contributed by atoms with van der Waals surface area (Å²) in [6.07, 6.45) is 0. The average Bonchev–Trinajstić information content (AvgIpc) is 2.91. The fourth-order valence-electron chi connectivity index (χ4n) is 2.28. The maximum atomic E-state index is 12.2. The number of hydrogen-bond donors (Lipinski definition) is 3. The Morgan fingerprint density at radius 3 is 2.45 bits per heavy atom. The van der Waals surface area contributed by atoms with E-state index in [0.717, 1.165) is 11.1 Å². The highest BCUT2D eigenvalue weighted by Gasteiger charge is 2.10. The second-order valence-corrected chi connectivity index (χ2v) is 4.87. The summed E-state index contributed by atoms with van der Waals surface area (Å²) in [4.78, 5) is 15.0. The Morgan fingerprint density at radius 1 is 1.09 bits per heavy atom. The molecule has 0 unspecified atom stereocenters. The van der Waals surface area contributed by atoms with Gasteiger partial charge in [-0.15, -0.1) is 0 Å². The van der Waals surface area contributed by atoms with Crippen LogP contribution in [0.1, 0.15) is 5.69 Å². The van der Waals surface area contributed by atoms with Crippen molar-refractivity contribution in [2.45, 2.75) is 6.92 Å². The third-order valence-electron chi connectivity index (χ3n) is 3.32. The molecular formula is C15H16N4O3. The van der Waals surface area contributed by atoms with E-state index in [-0.39, 0.29) is 5.56 Å². The Balaban J connectivity index is 2.09. The largest absolute Gasteiger partial charge is 0.493 e. The zero-order chi connectivity index (χ0) is 15.7. The van der Waals surface area contributed by atoms with E-state index < -0.39 is 0 Å². The third-order valence-corrected chi connectivity index (χ3v) is 3.32. The van der Waals surface area contributed by atoms with Crippen LogP contribution in [0.5, 0.6) is 11.5 Å².